The smallest absolute Gasteiger partial charge is 0.256 e. The highest BCUT2D eigenvalue weighted by molar-refractivity contribution is 5.47. The molecule has 1 aromatic carbocycles. The van der Waals surface area contributed by atoms with Crippen LogP contribution in [0.1, 0.15) is 16.8 Å². The number of nitrogens with one attached hydrogen (secondary N) is 1. The molecule has 0 aliphatic carbocycles. The molecule has 0 radical (unpaired) electrons. The normalized spacial score (nSPS) is 10.9. The van der Waals surface area contributed by atoms with Crippen molar-refractivity contribution in [3.63, 3.8) is 0 Å². The molecule has 0 bridgehead atoms. The van der Waals surface area contributed by atoms with Crippen molar-refractivity contribution in [3.05, 3.63) is 47.2 Å². The maximum Gasteiger partial charge on any atom is 0.256 e. The molecule has 6 nitrogen and oxygen atoms in total. The summed E-state index contributed by atoms with van der Waals surface area (Å²) in [5.74, 6) is 1.56. The maximum atomic E-state index is 5.62. The fourth-order valence-corrected chi connectivity index (χ4v) is 2.03. The van der Waals surface area contributed by atoms with Gasteiger partial charge in [-0.3, -0.25) is 0 Å². The highest BCUT2D eigenvalue weighted by Crippen LogP contribution is 2.13. The summed E-state index contributed by atoms with van der Waals surface area (Å²) < 4.78 is 1.62. The summed E-state index contributed by atoms with van der Waals surface area (Å²) >= 11 is 0. The maximum absolute atomic E-state index is 5.62. The molecule has 3 rings (SSSR count). The van der Waals surface area contributed by atoms with Crippen LogP contribution in [0.3, 0.4) is 0 Å². The van der Waals surface area contributed by atoms with E-state index in [1.807, 2.05) is 13.0 Å². The van der Waals surface area contributed by atoms with Crippen molar-refractivity contribution in [2.24, 2.45) is 0 Å². The summed E-state index contributed by atoms with van der Waals surface area (Å²) in [5, 5.41) is 7.48. The van der Waals surface area contributed by atoms with Crippen LogP contribution in [0.2, 0.25) is 0 Å². The fourth-order valence-electron chi connectivity index (χ4n) is 2.03. The Hall–Kier alpha value is -2.63. The second-order valence-corrected chi connectivity index (χ2v) is 4.80. The Morgan fingerprint density at radius 3 is 2.65 bits per heavy atom. The standard InChI is InChI=1S/C14H16N6/c1-9-3-5-11(6-4-9)8-16-12-7-10(2)17-14-18-13(15)19-20(12)14/h3-7,16H,8H2,1-2H3,(H2,15,19). The van der Waals surface area contributed by atoms with Crippen molar-refractivity contribution in [1.29, 1.82) is 0 Å². The SMILES string of the molecule is Cc1ccc(CNc2cc(C)nc3nc(N)nn23)cc1. The van der Waals surface area contributed by atoms with Gasteiger partial charge in [-0.2, -0.15) is 9.50 Å². The van der Waals surface area contributed by atoms with Crippen LogP contribution in [-0.4, -0.2) is 19.6 Å². The molecule has 0 saturated heterocycles. The first-order valence-corrected chi connectivity index (χ1v) is 6.41. The van der Waals surface area contributed by atoms with E-state index in [0.717, 1.165) is 11.5 Å². The van der Waals surface area contributed by atoms with Gasteiger partial charge in [0.15, 0.2) is 0 Å². The lowest BCUT2D eigenvalue weighted by molar-refractivity contribution is 0.920. The third-order valence-corrected chi connectivity index (χ3v) is 3.05. The van der Waals surface area contributed by atoms with Crippen LogP contribution in [0, 0.1) is 13.8 Å². The van der Waals surface area contributed by atoms with E-state index in [2.05, 4.69) is 51.6 Å². The van der Waals surface area contributed by atoms with E-state index in [4.69, 9.17) is 5.73 Å². The van der Waals surface area contributed by atoms with Gasteiger partial charge in [0.2, 0.25) is 5.95 Å². The Morgan fingerprint density at radius 2 is 1.90 bits per heavy atom. The van der Waals surface area contributed by atoms with Crippen molar-refractivity contribution in [2.45, 2.75) is 20.4 Å². The number of rotatable bonds is 3. The van der Waals surface area contributed by atoms with E-state index in [0.29, 0.717) is 12.3 Å². The minimum Gasteiger partial charge on any atom is -0.366 e. The molecule has 2 aromatic heterocycles. The van der Waals surface area contributed by atoms with Gasteiger partial charge in [-0.05, 0) is 19.4 Å². The first-order chi connectivity index (χ1) is 9.61. The van der Waals surface area contributed by atoms with Crippen molar-refractivity contribution in [1.82, 2.24) is 19.6 Å². The van der Waals surface area contributed by atoms with Crippen molar-refractivity contribution in [3.8, 4) is 0 Å². The molecule has 0 aliphatic heterocycles. The van der Waals surface area contributed by atoms with Crippen LogP contribution >= 0.6 is 0 Å². The van der Waals surface area contributed by atoms with Gasteiger partial charge in [-0.1, -0.05) is 29.8 Å². The number of aromatic nitrogens is 4. The summed E-state index contributed by atoms with van der Waals surface area (Å²) in [6.07, 6.45) is 0. The van der Waals surface area contributed by atoms with E-state index in [1.54, 1.807) is 4.52 Å². The second kappa shape index (κ2) is 4.80. The van der Waals surface area contributed by atoms with Crippen molar-refractivity contribution < 1.29 is 0 Å². The number of nitrogens with zero attached hydrogens (tertiary/aromatic N) is 4. The zero-order valence-electron chi connectivity index (χ0n) is 11.5. The quantitative estimate of drug-likeness (QED) is 0.758. The molecule has 0 fully saturated rings. The summed E-state index contributed by atoms with van der Waals surface area (Å²) in [6.45, 7) is 4.70. The van der Waals surface area contributed by atoms with Gasteiger partial charge < -0.3 is 11.1 Å². The molecule has 0 spiro atoms. The van der Waals surface area contributed by atoms with E-state index in [9.17, 15) is 0 Å². The Kier molecular flexibility index (Phi) is 2.98. The van der Waals surface area contributed by atoms with Gasteiger partial charge >= 0.3 is 0 Å². The van der Waals surface area contributed by atoms with E-state index in [1.165, 1.54) is 11.1 Å². The minimum atomic E-state index is 0.224. The van der Waals surface area contributed by atoms with Crippen LogP contribution in [0.5, 0.6) is 0 Å². The molecule has 6 heteroatoms. The van der Waals surface area contributed by atoms with Gasteiger partial charge in [0, 0.05) is 18.3 Å². The van der Waals surface area contributed by atoms with E-state index >= 15 is 0 Å². The van der Waals surface area contributed by atoms with Gasteiger partial charge in [-0.25, -0.2) is 4.98 Å². The monoisotopic (exact) mass is 268 g/mol. The number of hydrogen-bond acceptors (Lipinski definition) is 5. The zero-order valence-corrected chi connectivity index (χ0v) is 11.5. The number of hydrogen-bond donors (Lipinski definition) is 2. The molecule has 3 N–H and O–H groups in total. The number of fused-ring (bicyclic) bond motifs is 1. The fraction of sp³-hybridized carbons (Fsp3) is 0.214. The molecule has 0 saturated carbocycles. The Labute approximate surface area is 116 Å². The number of aryl methyl sites for hydroxylation is 2. The molecule has 102 valence electrons. The predicted octanol–water partition coefficient (Wildman–Crippen LogP) is 1.94. The van der Waals surface area contributed by atoms with Crippen molar-refractivity contribution >= 4 is 17.5 Å². The van der Waals surface area contributed by atoms with Crippen LogP contribution in [-0.2, 0) is 6.54 Å². The molecule has 0 atom stereocenters. The number of anilines is 2. The number of benzene rings is 1. The lowest BCUT2D eigenvalue weighted by atomic mass is 10.1. The van der Waals surface area contributed by atoms with Crippen molar-refractivity contribution in [2.75, 3.05) is 11.1 Å². The summed E-state index contributed by atoms with van der Waals surface area (Å²) in [6, 6.07) is 10.3. The predicted molar refractivity (Wildman–Crippen MR) is 78.4 cm³/mol. The van der Waals surface area contributed by atoms with Crippen LogP contribution in [0.4, 0.5) is 11.8 Å². The third-order valence-electron chi connectivity index (χ3n) is 3.05. The molecule has 0 aliphatic rings. The lowest BCUT2D eigenvalue weighted by Crippen LogP contribution is -2.07. The topological polar surface area (TPSA) is 81.1 Å². The second-order valence-electron chi connectivity index (χ2n) is 4.80. The minimum absolute atomic E-state index is 0.224. The first kappa shape index (κ1) is 12.4. The lowest BCUT2D eigenvalue weighted by Gasteiger charge is -2.08. The molecular formula is C14H16N6. The Bertz CT molecular complexity index is 744. The third kappa shape index (κ3) is 2.40. The summed E-state index contributed by atoms with van der Waals surface area (Å²) in [4.78, 5) is 8.37. The highest BCUT2D eigenvalue weighted by Gasteiger charge is 2.07. The van der Waals surface area contributed by atoms with Gasteiger partial charge in [0.25, 0.3) is 5.78 Å². The molecule has 2 heterocycles. The molecule has 20 heavy (non-hydrogen) atoms. The average Bonchev–Trinajstić information content (AvgIpc) is 2.78. The first-order valence-electron chi connectivity index (χ1n) is 6.41. The number of nitrogen functional groups attached to an aromatic ring is 1. The Balaban J connectivity index is 1.88. The molecule has 0 unspecified atom stereocenters. The Morgan fingerprint density at radius 1 is 1.15 bits per heavy atom. The van der Waals surface area contributed by atoms with Gasteiger partial charge in [0.05, 0.1) is 0 Å². The molecule has 3 aromatic rings. The molecular weight excluding hydrogens is 252 g/mol. The van der Waals surface area contributed by atoms with Gasteiger partial charge in [0.1, 0.15) is 5.82 Å². The van der Waals surface area contributed by atoms with Gasteiger partial charge in [-0.15, -0.1) is 5.10 Å². The summed E-state index contributed by atoms with van der Waals surface area (Å²) in [5.41, 5.74) is 8.94. The molecule has 0 amide bonds. The van der Waals surface area contributed by atoms with Crippen LogP contribution in [0.25, 0.3) is 5.78 Å². The largest absolute Gasteiger partial charge is 0.366 e. The average molecular weight is 268 g/mol. The van der Waals surface area contributed by atoms with Crippen LogP contribution < -0.4 is 11.1 Å². The highest BCUT2D eigenvalue weighted by atomic mass is 15.4. The zero-order chi connectivity index (χ0) is 14.1. The van der Waals surface area contributed by atoms with Crippen LogP contribution in [0.15, 0.2) is 30.3 Å². The van der Waals surface area contributed by atoms with E-state index < -0.39 is 0 Å². The van der Waals surface area contributed by atoms with E-state index in [-0.39, 0.29) is 5.95 Å². The number of nitrogens with two attached hydrogens (primary N) is 1. The summed E-state index contributed by atoms with van der Waals surface area (Å²) in [7, 11) is 0.